The number of carbonyl (C=O) groups is 1. The zero-order valence-electron chi connectivity index (χ0n) is 7.31. The Morgan fingerprint density at radius 1 is 1.25 bits per heavy atom. The lowest BCUT2D eigenvalue weighted by atomic mass is 10.1. The Morgan fingerprint density at radius 2 is 1.75 bits per heavy atom. The minimum Gasteiger partial charge on any atom is -0.478 e. The highest BCUT2D eigenvalue weighted by Crippen LogP contribution is 2.38. The summed E-state index contributed by atoms with van der Waals surface area (Å²) >= 11 is 10.7. The maximum atomic E-state index is 12.3. The predicted molar refractivity (Wildman–Crippen MR) is 55.7 cm³/mol. The van der Waals surface area contributed by atoms with Crippen LogP contribution in [-0.2, 0) is 6.18 Å². The van der Waals surface area contributed by atoms with Crippen molar-refractivity contribution in [3.05, 3.63) is 33.3 Å². The van der Waals surface area contributed by atoms with Gasteiger partial charge in [0.1, 0.15) is 0 Å². The Morgan fingerprint density at radius 3 is 2.12 bits per heavy atom. The number of rotatable bonds is 1. The monoisotopic (exact) mass is 294 g/mol. The SMILES string of the molecule is Cl.O=C(O)c1c(Cl)ccc(C(F)(F)F)c1Cl. The summed E-state index contributed by atoms with van der Waals surface area (Å²) in [4.78, 5) is 10.6. The van der Waals surface area contributed by atoms with Crippen molar-refractivity contribution >= 4 is 41.6 Å². The van der Waals surface area contributed by atoms with E-state index >= 15 is 0 Å². The second kappa shape index (κ2) is 5.12. The number of carboxylic acid groups (broad SMARTS) is 1. The molecule has 0 aliphatic rings. The summed E-state index contributed by atoms with van der Waals surface area (Å²) in [5.41, 5.74) is -1.96. The Kier molecular flexibility index (Phi) is 4.91. The first-order chi connectivity index (χ1) is 6.75. The van der Waals surface area contributed by atoms with Crippen molar-refractivity contribution in [2.24, 2.45) is 0 Å². The van der Waals surface area contributed by atoms with Crippen molar-refractivity contribution < 1.29 is 23.1 Å². The van der Waals surface area contributed by atoms with E-state index in [1.165, 1.54) is 0 Å². The van der Waals surface area contributed by atoms with Crippen LogP contribution in [0.1, 0.15) is 15.9 Å². The van der Waals surface area contributed by atoms with Crippen molar-refractivity contribution in [2.75, 3.05) is 0 Å². The third-order valence-electron chi connectivity index (χ3n) is 1.61. The first kappa shape index (κ1) is 15.3. The normalized spacial score (nSPS) is 10.8. The summed E-state index contributed by atoms with van der Waals surface area (Å²) in [6, 6.07) is 1.48. The Balaban J connectivity index is 0.00000225. The second-order valence-electron chi connectivity index (χ2n) is 2.59. The predicted octanol–water partition coefficient (Wildman–Crippen LogP) is 4.13. The lowest BCUT2D eigenvalue weighted by molar-refractivity contribution is -0.137. The van der Waals surface area contributed by atoms with Gasteiger partial charge in [-0.05, 0) is 12.1 Å². The first-order valence-electron chi connectivity index (χ1n) is 3.53. The van der Waals surface area contributed by atoms with E-state index in [4.69, 9.17) is 28.3 Å². The van der Waals surface area contributed by atoms with Gasteiger partial charge in [-0.15, -0.1) is 12.4 Å². The van der Waals surface area contributed by atoms with Crippen LogP contribution >= 0.6 is 35.6 Å². The maximum Gasteiger partial charge on any atom is 0.417 e. The molecule has 1 aromatic rings. The van der Waals surface area contributed by atoms with E-state index in [1.807, 2.05) is 0 Å². The standard InChI is InChI=1S/C8H3Cl2F3O2.ClH/c9-4-2-1-3(8(11,12)13)6(10)5(4)7(14)15;/h1-2H,(H,14,15);1H. The molecular weight excluding hydrogens is 291 g/mol. The van der Waals surface area contributed by atoms with Crippen molar-refractivity contribution in [3.63, 3.8) is 0 Å². The van der Waals surface area contributed by atoms with Gasteiger partial charge >= 0.3 is 12.1 Å². The van der Waals surface area contributed by atoms with E-state index < -0.39 is 28.3 Å². The van der Waals surface area contributed by atoms with Gasteiger partial charge in [0.05, 0.1) is 21.2 Å². The lowest BCUT2D eigenvalue weighted by Crippen LogP contribution is -2.09. The Labute approximate surface area is 104 Å². The van der Waals surface area contributed by atoms with Crippen molar-refractivity contribution in [1.29, 1.82) is 0 Å². The minimum absolute atomic E-state index is 0. The van der Waals surface area contributed by atoms with Crippen LogP contribution in [0.3, 0.4) is 0 Å². The van der Waals surface area contributed by atoms with Crippen LogP contribution in [0, 0.1) is 0 Å². The molecule has 8 heteroatoms. The van der Waals surface area contributed by atoms with Gasteiger partial charge in [0.2, 0.25) is 0 Å². The average molecular weight is 295 g/mol. The zero-order chi connectivity index (χ0) is 11.8. The molecule has 1 rings (SSSR count). The molecule has 0 saturated heterocycles. The fraction of sp³-hybridized carbons (Fsp3) is 0.125. The number of hydrogen-bond acceptors (Lipinski definition) is 1. The van der Waals surface area contributed by atoms with Crippen LogP contribution in [0.25, 0.3) is 0 Å². The van der Waals surface area contributed by atoms with Gasteiger partial charge in [-0.2, -0.15) is 13.2 Å². The van der Waals surface area contributed by atoms with Gasteiger partial charge in [-0.3, -0.25) is 0 Å². The number of hydrogen-bond donors (Lipinski definition) is 1. The molecule has 16 heavy (non-hydrogen) atoms. The third kappa shape index (κ3) is 2.93. The molecule has 90 valence electrons. The molecule has 0 heterocycles. The van der Waals surface area contributed by atoms with E-state index in [1.54, 1.807) is 0 Å². The number of halogens is 6. The number of aromatic carboxylic acids is 1. The second-order valence-corrected chi connectivity index (χ2v) is 3.37. The van der Waals surface area contributed by atoms with E-state index in [0.717, 1.165) is 6.07 Å². The summed E-state index contributed by atoms with van der Waals surface area (Å²) in [6.45, 7) is 0. The van der Waals surface area contributed by atoms with Gasteiger partial charge in [0.25, 0.3) is 0 Å². The molecule has 0 bridgehead atoms. The molecular formula is C8H4Cl3F3O2. The molecule has 0 aromatic heterocycles. The van der Waals surface area contributed by atoms with Crippen molar-refractivity contribution in [2.45, 2.75) is 6.18 Å². The average Bonchev–Trinajstić information content (AvgIpc) is 2.00. The summed E-state index contributed by atoms with van der Waals surface area (Å²) in [7, 11) is 0. The smallest absolute Gasteiger partial charge is 0.417 e. The topological polar surface area (TPSA) is 37.3 Å². The molecule has 1 aromatic carbocycles. The molecule has 1 N–H and O–H groups in total. The fourth-order valence-corrected chi connectivity index (χ4v) is 1.61. The summed E-state index contributed by atoms with van der Waals surface area (Å²) in [5, 5.41) is 7.37. The zero-order valence-corrected chi connectivity index (χ0v) is 9.64. The Hall–Kier alpha value is -0.650. The third-order valence-corrected chi connectivity index (χ3v) is 2.32. The maximum absolute atomic E-state index is 12.3. The molecule has 0 spiro atoms. The molecule has 0 radical (unpaired) electrons. The van der Waals surface area contributed by atoms with Crippen LogP contribution in [0.15, 0.2) is 12.1 Å². The molecule has 0 amide bonds. The van der Waals surface area contributed by atoms with Crippen LogP contribution in [0.5, 0.6) is 0 Å². The van der Waals surface area contributed by atoms with Crippen molar-refractivity contribution in [1.82, 2.24) is 0 Å². The van der Waals surface area contributed by atoms with E-state index in [9.17, 15) is 18.0 Å². The van der Waals surface area contributed by atoms with Gasteiger partial charge in [-0.1, -0.05) is 23.2 Å². The van der Waals surface area contributed by atoms with Gasteiger partial charge in [-0.25, -0.2) is 4.79 Å². The summed E-state index contributed by atoms with van der Waals surface area (Å²) in [6.07, 6.45) is -4.70. The first-order valence-corrected chi connectivity index (χ1v) is 4.29. The van der Waals surface area contributed by atoms with Crippen molar-refractivity contribution in [3.8, 4) is 0 Å². The van der Waals surface area contributed by atoms with Crippen LogP contribution in [0.2, 0.25) is 10.0 Å². The van der Waals surface area contributed by atoms with Gasteiger partial charge in [0, 0.05) is 0 Å². The highest BCUT2D eigenvalue weighted by Gasteiger charge is 2.35. The number of carboxylic acids is 1. The molecule has 0 atom stereocenters. The lowest BCUT2D eigenvalue weighted by Gasteiger charge is -2.11. The number of benzene rings is 1. The molecule has 0 unspecified atom stereocenters. The highest BCUT2D eigenvalue weighted by molar-refractivity contribution is 6.39. The molecule has 2 nitrogen and oxygen atoms in total. The molecule has 0 aliphatic carbocycles. The summed E-state index contributed by atoms with van der Waals surface area (Å²) in [5.74, 6) is -1.60. The quantitative estimate of drug-likeness (QED) is 0.845. The van der Waals surface area contributed by atoms with E-state index in [0.29, 0.717) is 6.07 Å². The van der Waals surface area contributed by atoms with Crippen LogP contribution in [0.4, 0.5) is 13.2 Å². The molecule has 0 fully saturated rings. The highest BCUT2D eigenvalue weighted by atomic mass is 35.5. The van der Waals surface area contributed by atoms with Gasteiger partial charge < -0.3 is 5.11 Å². The Bertz CT molecular complexity index is 418. The van der Waals surface area contributed by atoms with Gasteiger partial charge in [0.15, 0.2) is 0 Å². The van der Waals surface area contributed by atoms with Crippen LogP contribution < -0.4 is 0 Å². The van der Waals surface area contributed by atoms with Crippen LogP contribution in [-0.4, -0.2) is 11.1 Å². The minimum atomic E-state index is -4.70. The fourth-order valence-electron chi connectivity index (χ4n) is 0.967. The van der Waals surface area contributed by atoms with E-state index in [2.05, 4.69) is 0 Å². The molecule has 0 aliphatic heterocycles. The summed E-state index contributed by atoms with van der Waals surface area (Å²) < 4.78 is 36.9. The van der Waals surface area contributed by atoms with E-state index in [-0.39, 0.29) is 17.4 Å². The number of alkyl halides is 3. The molecule has 0 saturated carbocycles. The largest absolute Gasteiger partial charge is 0.478 e.